The zero-order valence-electron chi connectivity index (χ0n) is 16.2. The lowest BCUT2D eigenvalue weighted by Crippen LogP contribution is -2.31. The second-order valence-corrected chi connectivity index (χ2v) is 8.09. The summed E-state index contributed by atoms with van der Waals surface area (Å²) < 4.78 is 7.06. The molecule has 0 atom stereocenters. The maximum absolute atomic E-state index is 13.0. The number of ether oxygens (including phenoxy) is 1. The highest BCUT2D eigenvalue weighted by atomic mass is 35.5. The SMILES string of the molecule is COc1ccc(-n2nc(C(=O)N3CCCC3)c(=NC(=O)c3ccc(Cl)cc3)s2)cc1. The highest BCUT2D eigenvalue weighted by Crippen LogP contribution is 2.17. The summed E-state index contributed by atoms with van der Waals surface area (Å²) in [5.74, 6) is 0.0541. The van der Waals surface area contributed by atoms with Crippen molar-refractivity contribution in [1.29, 1.82) is 0 Å². The van der Waals surface area contributed by atoms with Gasteiger partial charge in [0.05, 0.1) is 12.8 Å². The smallest absolute Gasteiger partial charge is 0.278 e. The quantitative estimate of drug-likeness (QED) is 0.618. The number of carbonyl (C=O) groups is 2. The Morgan fingerprint density at radius 2 is 1.73 bits per heavy atom. The summed E-state index contributed by atoms with van der Waals surface area (Å²) in [4.78, 5) is 31.7. The lowest BCUT2D eigenvalue weighted by Gasteiger charge is -2.12. The van der Waals surface area contributed by atoms with Crippen molar-refractivity contribution in [1.82, 2.24) is 14.1 Å². The molecule has 154 valence electrons. The van der Waals surface area contributed by atoms with Crippen LogP contribution in [0.3, 0.4) is 0 Å². The summed E-state index contributed by atoms with van der Waals surface area (Å²) in [7, 11) is 1.59. The van der Waals surface area contributed by atoms with Gasteiger partial charge in [0.15, 0.2) is 10.4 Å². The summed E-state index contributed by atoms with van der Waals surface area (Å²) in [6, 6.07) is 13.7. The van der Waals surface area contributed by atoms with Crippen molar-refractivity contribution in [3.63, 3.8) is 0 Å². The first-order valence-electron chi connectivity index (χ1n) is 9.44. The van der Waals surface area contributed by atoms with Crippen LogP contribution in [-0.4, -0.2) is 46.1 Å². The van der Waals surface area contributed by atoms with Gasteiger partial charge in [-0.2, -0.15) is 9.06 Å². The normalized spacial score (nSPS) is 14.2. The van der Waals surface area contributed by atoms with E-state index in [1.165, 1.54) is 0 Å². The van der Waals surface area contributed by atoms with Crippen LogP contribution in [0.2, 0.25) is 5.02 Å². The summed E-state index contributed by atoms with van der Waals surface area (Å²) in [5, 5.41) is 5.01. The zero-order chi connectivity index (χ0) is 21.1. The molecule has 0 spiro atoms. The molecule has 2 aromatic carbocycles. The van der Waals surface area contributed by atoms with Gasteiger partial charge in [0.2, 0.25) is 0 Å². The van der Waals surface area contributed by atoms with Crippen LogP contribution in [0.1, 0.15) is 33.7 Å². The molecular formula is C21H19ClN4O3S. The summed E-state index contributed by atoms with van der Waals surface area (Å²) in [6.45, 7) is 1.37. The van der Waals surface area contributed by atoms with Crippen LogP contribution in [0.15, 0.2) is 53.5 Å². The molecule has 0 unspecified atom stereocenters. The van der Waals surface area contributed by atoms with Gasteiger partial charge in [-0.05, 0) is 72.9 Å². The second kappa shape index (κ2) is 8.81. The number of nitrogens with zero attached hydrogens (tertiary/aromatic N) is 4. The van der Waals surface area contributed by atoms with Crippen molar-refractivity contribution in [2.75, 3.05) is 20.2 Å². The maximum atomic E-state index is 13.0. The Hall–Kier alpha value is -2.97. The van der Waals surface area contributed by atoms with Crippen molar-refractivity contribution in [2.24, 2.45) is 4.99 Å². The molecule has 3 aromatic rings. The Balaban J connectivity index is 1.76. The van der Waals surface area contributed by atoms with Gasteiger partial charge in [-0.25, -0.2) is 0 Å². The molecule has 1 fully saturated rings. The lowest BCUT2D eigenvalue weighted by atomic mass is 10.2. The largest absolute Gasteiger partial charge is 0.497 e. The molecule has 1 saturated heterocycles. The zero-order valence-corrected chi connectivity index (χ0v) is 17.8. The number of hydrogen-bond acceptors (Lipinski definition) is 5. The van der Waals surface area contributed by atoms with E-state index >= 15 is 0 Å². The Kier molecular flexibility index (Phi) is 5.96. The minimum Gasteiger partial charge on any atom is -0.497 e. The van der Waals surface area contributed by atoms with Crippen molar-refractivity contribution in [3.05, 3.63) is 69.5 Å². The number of amides is 2. The molecule has 0 radical (unpaired) electrons. The van der Waals surface area contributed by atoms with Gasteiger partial charge >= 0.3 is 0 Å². The fourth-order valence-electron chi connectivity index (χ4n) is 3.13. The summed E-state index contributed by atoms with van der Waals surface area (Å²) in [5.41, 5.74) is 1.32. The number of likely N-dealkylation sites (tertiary alicyclic amines) is 1. The van der Waals surface area contributed by atoms with E-state index in [1.54, 1.807) is 52.5 Å². The third-order valence-electron chi connectivity index (χ3n) is 4.75. The van der Waals surface area contributed by atoms with Crippen LogP contribution in [-0.2, 0) is 0 Å². The van der Waals surface area contributed by atoms with Crippen LogP contribution < -0.4 is 9.41 Å². The Labute approximate surface area is 182 Å². The first-order chi connectivity index (χ1) is 14.5. The molecule has 1 aromatic heterocycles. The van der Waals surface area contributed by atoms with E-state index in [9.17, 15) is 9.59 Å². The fraction of sp³-hybridized carbons (Fsp3) is 0.238. The van der Waals surface area contributed by atoms with E-state index in [-0.39, 0.29) is 16.3 Å². The summed E-state index contributed by atoms with van der Waals surface area (Å²) >= 11 is 7.04. The molecule has 2 heterocycles. The molecule has 1 aliphatic rings. The fourth-order valence-corrected chi connectivity index (χ4v) is 4.10. The average molecular weight is 443 g/mol. The van der Waals surface area contributed by atoms with Crippen molar-refractivity contribution < 1.29 is 14.3 Å². The van der Waals surface area contributed by atoms with E-state index in [0.717, 1.165) is 30.1 Å². The average Bonchev–Trinajstić information content (AvgIpc) is 3.44. The van der Waals surface area contributed by atoms with Crippen molar-refractivity contribution in [3.8, 4) is 11.4 Å². The highest BCUT2D eigenvalue weighted by Gasteiger charge is 2.25. The predicted octanol–water partition coefficient (Wildman–Crippen LogP) is 3.57. The topological polar surface area (TPSA) is 76.8 Å². The van der Waals surface area contributed by atoms with E-state index in [1.807, 2.05) is 12.1 Å². The number of carbonyl (C=O) groups excluding carboxylic acids is 2. The van der Waals surface area contributed by atoms with Crippen LogP contribution >= 0.6 is 23.1 Å². The number of hydrogen-bond donors (Lipinski definition) is 0. The minimum absolute atomic E-state index is 0.181. The van der Waals surface area contributed by atoms with E-state index in [2.05, 4.69) is 10.1 Å². The third kappa shape index (κ3) is 4.29. The van der Waals surface area contributed by atoms with Crippen LogP contribution in [0, 0.1) is 0 Å². The summed E-state index contributed by atoms with van der Waals surface area (Å²) in [6.07, 6.45) is 1.93. The van der Waals surface area contributed by atoms with E-state index in [0.29, 0.717) is 29.4 Å². The van der Waals surface area contributed by atoms with E-state index in [4.69, 9.17) is 16.3 Å². The molecule has 4 rings (SSSR count). The van der Waals surface area contributed by atoms with Crippen LogP contribution in [0.25, 0.3) is 5.69 Å². The van der Waals surface area contributed by atoms with E-state index < -0.39 is 5.91 Å². The second-order valence-electron chi connectivity index (χ2n) is 6.74. The van der Waals surface area contributed by atoms with Gasteiger partial charge in [0.1, 0.15) is 5.75 Å². The molecule has 30 heavy (non-hydrogen) atoms. The predicted molar refractivity (Wildman–Crippen MR) is 114 cm³/mol. The Morgan fingerprint density at radius 3 is 2.37 bits per heavy atom. The number of halogens is 1. The van der Waals surface area contributed by atoms with Crippen LogP contribution in [0.4, 0.5) is 0 Å². The maximum Gasteiger partial charge on any atom is 0.278 e. The number of methoxy groups -OCH3 is 1. The molecule has 0 aliphatic carbocycles. The van der Waals surface area contributed by atoms with Crippen molar-refractivity contribution >= 4 is 34.9 Å². The monoisotopic (exact) mass is 442 g/mol. The highest BCUT2D eigenvalue weighted by molar-refractivity contribution is 7.04. The number of rotatable bonds is 4. The van der Waals surface area contributed by atoms with Gasteiger partial charge in [0, 0.05) is 23.7 Å². The van der Waals surface area contributed by atoms with Gasteiger partial charge in [-0.3, -0.25) is 9.59 Å². The molecule has 0 N–H and O–H groups in total. The molecular weight excluding hydrogens is 424 g/mol. The van der Waals surface area contributed by atoms with Gasteiger partial charge in [0.25, 0.3) is 11.8 Å². The van der Waals surface area contributed by atoms with Gasteiger partial charge in [-0.1, -0.05) is 11.6 Å². The van der Waals surface area contributed by atoms with Crippen molar-refractivity contribution in [2.45, 2.75) is 12.8 Å². The first-order valence-corrected chi connectivity index (χ1v) is 10.6. The molecule has 7 nitrogen and oxygen atoms in total. The molecule has 0 saturated carbocycles. The van der Waals surface area contributed by atoms with Gasteiger partial charge < -0.3 is 9.64 Å². The standard InChI is InChI=1S/C21H19ClN4O3S/c1-29-17-10-8-16(9-11-17)26-24-18(21(28)25-12-2-3-13-25)20(30-26)23-19(27)14-4-6-15(22)7-5-14/h4-11H,2-3,12-13H2,1H3. The minimum atomic E-state index is -0.451. The third-order valence-corrected chi connectivity index (χ3v) is 5.92. The van der Waals surface area contributed by atoms with Gasteiger partial charge in [-0.15, -0.1) is 5.10 Å². The molecule has 9 heteroatoms. The first kappa shape index (κ1) is 20.3. The van der Waals surface area contributed by atoms with Crippen LogP contribution in [0.5, 0.6) is 5.75 Å². The molecule has 2 amide bonds. The lowest BCUT2D eigenvalue weighted by molar-refractivity contribution is 0.0785. The Morgan fingerprint density at radius 1 is 1.07 bits per heavy atom. The molecule has 0 bridgehead atoms. The number of benzene rings is 2. The Bertz CT molecular complexity index is 1130. The molecule has 1 aliphatic heterocycles. The number of aromatic nitrogens is 2.